The van der Waals surface area contributed by atoms with Crippen molar-refractivity contribution in [3.05, 3.63) is 29.3 Å². The lowest BCUT2D eigenvalue weighted by Gasteiger charge is -2.23. The topological polar surface area (TPSA) is 20.3 Å². The summed E-state index contributed by atoms with van der Waals surface area (Å²) >= 11 is 4.38. The van der Waals surface area contributed by atoms with Gasteiger partial charge in [-0.15, -0.1) is 0 Å². The summed E-state index contributed by atoms with van der Waals surface area (Å²) in [5.74, 6) is 0.978. The lowest BCUT2D eigenvalue weighted by Crippen LogP contribution is -2.20. The number of hydrogen-bond acceptors (Lipinski definition) is 2. The molecule has 86 valence electrons. The summed E-state index contributed by atoms with van der Waals surface area (Å²) in [6.07, 6.45) is 0.530. The second kappa shape index (κ2) is 3.81. The third kappa shape index (κ3) is 1.73. The lowest BCUT2D eigenvalue weighted by molar-refractivity contribution is -0.117. The van der Waals surface area contributed by atoms with E-state index in [0.717, 1.165) is 17.0 Å². The highest BCUT2D eigenvalue weighted by Gasteiger charge is 2.26. The molecule has 1 aromatic rings. The minimum atomic E-state index is 0.0579. The van der Waals surface area contributed by atoms with E-state index >= 15 is 0 Å². The minimum absolute atomic E-state index is 0.0579. The first kappa shape index (κ1) is 11.5. The first-order valence-electron chi connectivity index (χ1n) is 5.46. The molecule has 1 amide bonds. The van der Waals surface area contributed by atoms with E-state index in [1.54, 1.807) is 4.90 Å². The standard InChI is InChI=1S/C13H17NOS/c1-13(2,8-16)10-4-5-11-9(6-10)7-12(15)14(11)3/h4-6,16H,7-8H2,1-3H3. The minimum Gasteiger partial charge on any atom is -0.315 e. The molecule has 0 saturated heterocycles. The molecule has 0 unspecified atom stereocenters. The molecule has 1 aromatic carbocycles. The molecule has 2 rings (SSSR count). The number of carbonyl (C=O) groups excluding carboxylic acids is 1. The zero-order valence-corrected chi connectivity index (χ0v) is 10.8. The van der Waals surface area contributed by atoms with Crippen molar-refractivity contribution in [2.24, 2.45) is 0 Å². The van der Waals surface area contributed by atoms with Crippen molar-refractivity contribution in [1.82, 2.24) is 0 Å². The van der Waals surface area contributed by atoms with Crippen molar-refractivity contribution in [2.75, 3.05) is 17.7 Å². The van der Waals surface area contributed by atoms with Crippen LogP contribution in [0.1, 0.15) is 25.0 Å². The van der Waals surface area contributed by atoms with Gasteiger partial charge in [-0.1, -0.05) is 26.0 Å². The summed E-state index contributed by atoms with van der Waals surface area (Å²) in [6.45, 7) is 4.34. The summed E-state index contributed by atoms with van der Waals surface area (Å²) in [7, 11) is 1.83. The molecule has 1 aliphatic heterocycles. The zero-order valence-electron chi connectivity index (χ0n) is 9.95. The molecular formula is C13H17NOS. The number of rotatable bonds is 2. The van der Waals surface area contributed by atoms with Crippen LogP contribution in [-0.4, -0.2) is 18.7 Å². The Hall–Kier alpha value is -0.960. The third-order valence-electron chi connectivity index (χ3n) is 3.33. The van der Waals surface area contributed by atoms with Gasteiger partial charge in [0.25, 0.3) is 0 Å². The van der Waals surface area contributed by atoms with Crippen LogP contribution in [0, 0.1) is 0 Å². The summed E-state index contributed by atoms with van der Waals surface area (Å²) in [5, 5.41) is 0. The summed E-state index contributed by atoms with van der Waals surface area (Å²) < 4.78 is 0. The molecule has 0 aromatic heterocycles. The monoisotopic (exact) mass is 235 g/mol. The Balaban J connectivity index is 2.43. The van der Waals surface area contributed by atoms with Crippen LogP contribution in [0.2, 0.25) is 0 Å². The van der Waals surface area contributed by atoms with E-state index in [1.165, 1.54) is 5.56 Å². The molecule has 0 N–H and O–H groups in total. The largest absolute Gasteiger partial charge is 0.315 e. The Bertz CT molecular complexity index is 440. The van der Waals surface area contributed by atoms with E-state index in [9.17, 15) is 4.79 Å². The van der Waals surface area contributed by atoms with E-state index in [4.69, 9.17) is 0 Å². The number of nitrogens with zero attached hydrogens (tertiary/aromatic N) is 1. The van der Waals surface area contributed by atoms with Crippen molar-refractivity contribution in [2.45, 2.75) is 25.7 Å². The molecule has 2 nitrogen and oxygen atoms in total. The van der Waals surface area contributed by atoms with Gasteiger partial charge in [-0.2, -0.15) is 12.6 Å². The number of carbonyl (C=O) groups is 1. The van der Waals surface area contributed by atoms with Crippen LogP contribution < -0.4 is 4.90 Å². The van der Waals surface area contributed by atoms with E-state index in [2.05, 4.69) is 38.6 Å². The molecule has 16 heavy (non-hydrogen) atoms. The van der Waals surface area contributed by atoms with Gasteiger partial charge in [0, 0.05) is 12.7 Å². The Morgan fingerprint density at radius 2 is 2.12 bits per heavy atom. The quantitative estimate of drug-likeness (QED) is 0.781. The van der Waals surface area contributed by atoms with Gasteiger partial charge in [-0.3, -0.25) is 4.79 Å². The predicted molar refractivity (Wildman–Crippen MR) is 70.4 cm³/mol. The second-order valence-corrected chi connectivity index (χ2v) is 5.33. The summed E-state index contributed by atoms with van der Waals surface area (Å²) in [6, 6.07) is 6.29. The van der Waals surface area contributed by atoms with Crippen LogP contribution in [-0.2, 0) is 16.6 Å². The lowest BCUT2D eigenvalue weighted by atomic mass is 9.85. The van der Waals surface area contributed by atoms with Crippen molar-refractivity contribution in [3.63, 3.8) is 0 Å². The number of anilines is 1. The summed E-state index contributed by atoms with van der Waals surface area (Å²) in [5.41, 5.74) is 3.50. The van der Waals surface area contributed by atoms with E-state index in [0.29, 0.717) is 6.42 Å². The fourth-order valence-corrected chi connectivity index (χ4v) is 2.16. The van der Waals surface area contributed by atoms with Gasteiger partial charge < -0.3 is 4.90 Å². The smallest absolute Gasteiger partial charge is 0.231 e. The number of fused-ring (bicyclic) bond motifs is 1. The summed E-state index contributed by atoms with van der Waals surface area (Å²) in [4.78, 5) is 13.3. The molecule has 1 aliphatic rings. The van der Waals surface area contributed by atoms with Gasteiger partial charge in [-0.25, -0.2) is 0 Å². The van der Waals surface area contributed by atoms with Crippen molar-refractivity contribution in [1.29, 1.82) is 0 Å². The SMILES string of the molecule is CN1C(=O)Cc2cc(C(C)(C)CS)ccc21. The highest BCUT2D eigenvalue weighted by Crippen LogP contribution is 2.33. The molecule has 0 atom stereocenters. The molecule has 1 heterocycles. The number of benzene rings is 1. The molecule has 3 heteroatoms. The number of hydrogen-bond donors (Lipinski definition) is 1. The first-order chi connectivity index (χ1) is 7.45. The van der Waals surface area contributed by atoms with Crippen molar-refractivity contribution in [3.8, 4) is 0 Å². The molecule has 0 aliphatic carbocycles. The Kier molecular flexibility index (Phi) is 2.74. The van der Waals surface area contributed by atoms with Crippen molar-refractivity contribution < 1.29 is 4.79 Å². The van der Waals surface area contributed by atoms with Gasteiger partial charge in [0.1, 0.15) is 0 Å². The van der Waals surface area contributed by atoms with Gasteiger partial charge in [-0.05, 0) is 28.4 Å². The van der Waals surface area contributed by atoms with Gasteiger partial charge in [0.05, 0.1) is 6.42 Å². The number of likely N-dealkylation sites (N-methyl/N-ethyl adjacent to an activating group) is 1. The average molecular weight is 235 g/mol. The van der Waals surface area contributed by atoms with Crippen LogP contribution >= 0.6 is 12.6 Å². The van der Waals surface area contributed by atoms with Crippen LogP contribution in [0.15, 0.2) is 18.2 Å². The predicted octanol–water partition coefficient (Wildman–Crippen LogP) is 2.41. The van der Waals surface area contributed by atoms with Crippen LogP contribution in [0.4, 0.5) is 5.69 Å². The molecule has 0 fully saturated rings. The highest BCUT2D eigenvalue weighted by molar-refractivity contribution is 7.80. The molecule has 0 saturated carbocycles. The third-order valence-corrected chi connectivity index (χ3v) is 4.12. The average Bonchev–Trinajstić information content (AvgIpc) is 2.54. The van der Waals surface area contributed by atoms with E-state index in [1.807, 2.05) is 13.1 Å². The normalized spacial score (nSPS) is 15.5. The molecule has 0 bridgehead atoms. The van der Waals surface area contributed by atoms with E-state index in [-0.39, 0.29) is 11.3 Å². The maximum Gasteiger partial charge on any atom is 0.231 e. The molecule has 0 spiro atoms. The molecule has 0 radical (unpaired) electrons. The number of thiol groups is 1. The van der Waals surface area contributed by atoms with Crippen molar-refractivity contribution >= 4 is 24.2 Å². The van der Waals surface area contributed by atoms with Crippen LogP contribution in [0.5, 0.6) is 0 Å². The Morgan fingerprint density at radius 1 is 1.44 bits per heavy atom. The second-order valence-electron chi connectivity index (χ2n) is 5.02. The van der Waals surface area contributed by atoms with Crippen LogP contribution in [0.25, 0.3) is 0 Å². The van der Waals surface area contributed by atoms with Gasteiger partial charge >= 0.3 is 0 Å². The fourth-order valence-electron chi connectivity index (χ4n) is 1.98. The maximum absolute atomic E-state index is 11.6. The van der Waals surface area contributed by atoms with Gasteiger partial charge in [0.15, 0.2) is 0 Å². The number of amides is 1. The Labute approximate surface area is 102 Å². The highest BCUT2D eigenvalue weighted by atomic mass is 32.1. The maximum atomic E-state index is 11.6. The van der Waals surface area contributed by atoms with E-state index < -0.39 is 0 Å². The first-order valence-corrected chi connectivity index (χ1v) is 6.10. The van der Waals surface area contributed by atoms with Gasteiger partial charge in [0.2, 0.25) is 5.91 Å². The molecular weight excluding hydrogens is 218 g/mol. The van der Waals surface area contributed by atoms with Crippen LogP contribution in [0.3, 0.4) is 0 Å². The Morgan fingerprint density at radius 3 is 2.75 bits per heavy atom. The zero-order chi connectivity index (χ0) is 11.9. The fraction of sp³-hybridized carbons (Fsp3) is 0.462.